The predicted octanol–water partition coefficient (Wildman–Crippen LogP) is 3.66. The lowest BCUT2D eigenvalue weighted by Gasteiger charge is -2.16. The summed E-state index contributed by atoms with van der Waals surface area (Å²) in [7, 11) is 0. The highest BCUT2D eigenvalue weighted by molar-refractivity contribution is 5.28. The van der Waals surface area contributed by atoms with E-state index in [1.165, 1.54) is 5.57 Å². The topological polar surface area (TPSA) is 42.7 Å². The van der Waals surface area contributed by atoms with Gasteiger partial charge in [-0.25, -0.2) is 0 Å². The van der Waals surface area contributed by atoms with E-state index in [-0.39, 0.29) is 6.04 Å². The van der Waals surface area contributed by atoms with E-state index in [4.69, 9.17) is 0 Å². The van der Waals surface area contributed by atoms with Crippen LogP contribution in [0.3, 0.4) is 0 Å². The third kappa shape index (κ3) is 4.26. The SMILES string of the molecule is C=C(CC)CC(NCCC)c1cnn(-c2ccccc2)n1. The fourth-order valence-corrected chi connectivity index (χ4v) is 2.15. The Balaban J connectivity index is 2.16. The van der Waals surface area contributed by atoms with Gasteiger partial charge in [0.25, 0.3) is 0 Å². The first-order chi connectivity index (χ1) is 10.2. The molecule has 1 unspecified atom stereocenters. The van der Waals surface area contributed by atoms with Gasteiger partial charge in [0.2, 0.25) is 0 Å². The van der Waals surface area contributed by atoms with Crippen molar-refractivity contribution in [2.45, 2.75) is 39.2 Å². The van der Waals surface area contributed by atoms with Gasteiger partial charge in [0.1, 0.15) is 5.69 Å². The Bertz CT molecular complexity index is 559. The summed E-state index contributed by atoms with van der Waals surface area (Å²) >= 11 is 0. The molecule has 0 aliphatic heterocycles. The van der Waals surface area contributed by atoms with Crippen molar-refractivity contribution in [3.63, 3.8) is 0 Å². The number of hydrogen-bond acceptors (Lipinski definition) is 3. The van der Waals surface area contributed by atoms with Crippen LogP contribution in [0.4, 0.5) is 0 Å². The van der Waals surface area contributed by atoms with Crippen LogP contribution in [0.15, 0.2) is 48.7 Å². The van der Waals surface area contributed by atoms with E-state index in [0.717, 1.165) is 37.2 Å². The van der Waals surface area contributed by atoms with Gasteiger partial charge in [-0.15, -0.1) is 0 Å². The van der Waals surface area contributed by atoms with Crippen LogP contribution in [-0.2, 0) is 0 Å². The normalized spacial score (nSPS) is 12.3. The number of nitrogens with one attached hydrogen (secondary N) is 1. The summed E-state index contributed by atoms with van der Waals surface area (Å²) in [6.45, 7) is 9.39. The van der Waals surface area contributed by atoms with E-state index in [9.17, 15) is 0 Å². The quantitative estimate of drug-likeness (QED) is 0.752. The van der Waals surface area contributed by atoms with Crippen LogP contribution in [0.2, 0.25) is 0 Å². The van der Waals surface area contributed by atoms with Crippen molar-refractivity contribution in [1.29, 1.82) is 0 Å². The molecule has 2 aromatic rings. The number of benzene rings is 1. The van der Waals surface area contributed by atoms with E-state index in [0.29, 0.717) is 0 Å². The Labute approximate surface area is 126 Å². The minimum Gasteiger partial charge on any atom is -0.308 e. The fraction of sp³-hybridized carbons (Fsp3) is 0.412. The van der Waals surface area contributed by atoms with Gasteiger partial charge in [-0.2, -0.15) is 15.0 Å². The van der Waals surface area contributed by atoms with Gasteiger partial charge >= 0.3 is 0 Å². The Morgan fingerprint density at radius 2 is 2.05 bits per heavy atom. The average molecular weight is 284 g/mol. The molecule has 0 radical (unpaired) electrons. The molecule has 1 atom stereocenters. The zero-order valence-electron chi connectivity index (χ0n) is 12.9. The maximum absolute atomic E-state index is 4.62. The minimum absolute atomic E-state index is 0.190. The first-order valence-electron chi connectivity index (χ1n) is 7.62. The van der Waals surface area contributed by atoms with Crippen molar-refractivity contribution in [2.75, 3.05) is 6.54 Å². The lowest BCUT2D eigenvalue weighted by atomic mass is 10.0. The molecule has 0 saturated carbocycles. The maximum Gasteiger partial charge on any atom is 0.100 e. The zero-order valence-corrected chi connectivity index (χ0v) is 12.9. The van der Waals surface area contributed by atoms with Crippen molar-refractivity contribution < 1.29 is 0 Å². The van der Waals surface area contributed by atoms with Crippen molar-refractivity contribution in [3.05, 3.63) is 54.4 Å². The number of hydrogen-bond donors (Lipinski definition) is 1. The van der Waals surface area contributed by atoms with Crippen LogP contribution in [0.1, 0.15) is 44.8 Å². The highest BCUT2D eigenvalue weighted by Gasteiger charge is 2.15. The van der Waals surface area contributed by atoms with Gasteiger partial charge in [0.05, 0.1) is 17.9 Å². The molecule has 0 spiro atoms. The summed E-state index contributed by atoms with van der Waals surface area (Å²) in [4.78, 5) is 1.69. The molecule has 112 valence electrons. The third-order valence-corrected chi connectivity index (χ3v) is 3.49. The summed E-state index contributed by atoms with van der Waals surface area (Å²) in [5, 5.41) is 12.5. The van der Waals surface area contributed by atoms with Gasteiger partial charge in [-0.05, 0) is 37.9 Å². The van der Waals surface area contributed by atoms with Crippen molar-refractivity contribution in [3.8, 4) is 5.69 Å². The number of para-hydroxylation sites is 1. The van der Waals surface area contributed by atoms with Gasteiger partial charge in [0.15, 0.2) is 0 Å². The van der Waals surface area contributed by atoms with E-state index >= 15 is 0 Å². The summed E-state index contributed by atoms with van der Waals surface area (Å²) in [6.07, 6.45) is 4.85. The summed E-state index contributed by atoms with van der Waals surface area (Å²) in [5.74, 6) is 0. The Morgan fingerprint density at radius 1 is 1.29 bits per heavy atom. The molecule has 1 N–H and O–H groups in total. The van der Waals surface area contributed by atoms with Crippen LogP contribution in [0.5, 0.6) is 0 Å². The molecule has 1 aromatic carbocycles. The summed E-state index contributed by atoms with van der Waals surface area (Å²) in [5.41, 5.74) is 3.19. The van der Waals surface area contributed by atoms with Gasteiger partial charge in [-0.3, -0.25) is 0 Å². The van der Waals surface area contributed by atoms with Gasteiger partial charge in [-0.1, -0.05) is 44.2 Å². The average Bonchev–Trinajstić information content (AvgIpc) is 3.02. The van der Waals surface area contributed by atoms with E-state index in [2.05, 4.69) is 35.9 Å². The molecule has 0 amide bonds. The molecule has 2 rings (SSSR count). The first kappa shape index (κ1) is 15.4. The van der Waals surface area contributed by atoms with Gasteiger partial charge < -0.3 is 5.32 Å². The number of nitrogens with zero attached hydrogens (tertiary/aromatic N) is 3. The largest absolute Gasteiger partial charge is 0.308 e. The fourth-order valence-electron chi connectivity index (χ4n) is 2.15. The van der Waals surface area contributed by atoms with Crippen LogP contribution in [-0.4, -0.2) is 21.5 Å². The smallest absolute Gasteiger partial charge is 0.100 e. The predicted molar refractivity (Wildman–Crippen MR) is 86.4 cm³/mol. The van der Waals surface area contributed by atoms with Crippen LogP contribution < -0.4 is 5.32 Å². The molecule has 0 aliphatic carbocycles. The monoisotopic (exact) mass is 284 g/mol. The molecule has 0 saturated heterocycles. The van der Waals surface area contributed by atoms with E-state index in [1.54, 1.807) is 4.80 Å². The maximum atomic E-state index is 4.62. The molecular formula is C17H24N4. The second-order valence-electron chi connectivity index (χ2n) is 5.21. The standard InChI is InChI=1S/C17H24N4/c1-4-11-18-16(12-14(3)5-2)17-13-19-21(20-17)15-9-7-6-8-10-15/h6-10,13,16,18H,3-5,11-12H2,1-2H3. The molecule has 0 fully saturated rings. The lowest BCUT2D eigenvalue weighted by molar-refractivity contribution is 0.508. The molecule has 21 heavy (non-hydrogen) atoms. The highest BCUT2D eigenvalue weighted by Crippen LogP contribution is 2.20. The number of aromatic nitrogens is 3. The second kappa shape index (κ2) is 7.74. The molecule has 4 nitrogen and oxygen atoms in total. The van der Waals surface area contributed by atoms with E-state index in [1.807, 2.05) is 36.5 Å². The minimum atomic E-state index is 0.190. The lowest BCUT2D eigenvalue weighted by Crippen LogP contribution is -2.23. The molecule has 4 heteroatoms. The molecule has 1 aromatic heterocycles. The molecule has 0 aliphatic rings. The Morgan fingerprint density at radius 3 is 2.71 bits per heavy atom. The summed E-state index contributed by atoms with van der Waals surface area (Å²) < 4.78 is 0. The number of rotatable bonds is 8. The second-order valence-corrected chi connectivity index (χ2v) is 5.21. The first-order valence-corrected chi connectivity index (χ1v) is 7.62. The molecular weight excluding hydrogens is 260 g/mol. The summed E-state index contributed by atoms with van der Waals surface area (Å²) in [6, 6.07) is 10.2. The molecule has 1 heterocycles. The van der Waals surface area contributed by atoms with Crippen LogP contribution in [0.25, 0.3) is 5.69 Å². The van der Waals surface area contributed by atoms with Crippen molar-refractivity contribution >= 4 is 0 Å². The molecule has 0 bridgehead atoms. The zero-order chi connectivity index (χ0) is 15.1. The van der Waals surface area contributed by atoms with E-state index < -0.39 is 0 Å². The van der Waals surface area contributed by atoms with Crippen molar-refractivity contribution in [2.24, 2.45) is 0 Å². The van der Waals surface area contributed by atoms with Crippen LogP contribution in [0, 0.1) is 0 Å². The Kier molecular flexibility index (Phi) is 5.69. The Hall–Kier alpha value is -1.94. The highest BCUT2D eigenvalue weighted by atomic mass is 15.5. The van der Waals surface area contributed by atoms with Crippen LogP contribution >= 0.6 is 0 Å². The third-order valence-electron chi connectivity index (χ3n) is 3.49. The van der Waals surface area contributed by atoms with Gasteiger partial charge in [0, 0.05) is 0 Å². The van der Waals surface area contributed by atoms with Crippen molar-refractivity contribution in [1.82, 2.24) is 20.3 Å².